The van der Waals surface area contributed by atoms with E-state index in [0.717, 1.165) is 38.9 Å². The van der Waals surface area contributed by atoms with Crippen molar-refractivity contribution in [2.24, 2.45) is 0 Å². The smallest absolute Gasteiger partial charge is 0.146 e. The molecule has 0 spiro atoms. The minimum absolute atomic E-state index is 0.984. The molecule has 0 unspecified atom stereocenters. The van der Waals surface area contributed by atoms with Crippen LogP contribution in [0.3, 0.4) is 0 Å². The van der Waals surface area contributed by atoms with Crippen LogP contribution in [0.25, 0.3) is 77.0 Å². The molecular formula is C36H22N4. The highest BCUT2D eigenvalue weighted by Crippen LogP contribution is 2.39. The van der Waals surface area contributed by atoms with E-state index in [-0.39, 0.29) is 0 Å². The molecule has 4 nitrogen and oxygen atoms in total. The van der Waals surface area contributed by atoms with E-state index < -0.39 is 0 Å². The average Bonchev–Trinajstić information content (AvgIpc) is 3.57. The SMILES string of the molecule is c1cncc(-c2cccc(-n3c4ccccc4c4cc5c6ccccc6n6c7ccccc7nc6c5cc43)c2)c1. The van der Waals surface area contributed by atoms with Crippen LogP contribution < -0.4 is 0 Å². The largest absolute Gasteiger partial charge is 0.309 e. The number of benzene rings is 5. The van der Waals surface area contributed by atoms with Crippen LogP contribution in [-0.4, -0.2) is 18.9 Å². The lowest BCUT2D eigenvalue weighted by Crippen LogP contribution is -1.95. The first kappa shape index (κ1) is 21.5. The minimum Gasteiger partial charge on any atom is -0.309 e. The normalized spacial score (nSPS) is 12.0. The molecule has 0 saturated heterocycles. The predicted molar refractivity (Wildman–Crippen MR) is 165 cm³/mol. The van der Waals surface area contributed by atoms with Gasteiger partial charge in [0.2, 0.25) is 0 Å². The van der Waals surface area contributed by atoms with Gasteiger partial charge in [0, 0.05) is 45.2 Å². The highest BCUT2D eigenvalue weighted by atomic mass is 15.0. The Labute approximate surface area is 229 Å². The van der Waals surface area contributed by atoms with Crippen molar-refractivity contribution in [1.82, 2.24) is 18.9 Å². The highest BCUT2D eigenvalue weighted by molar-refractivity contribution is 6.21. The molecule has 4 heterocycles. The van der Waals surface area contributed by atoms with Crippen molar-refractivity contribution in [2.45, 2.75) is 0 Å². The van der Waals surface area contributed by atoms with Gasteiger partial charge in [-0.2, -0.15) is 0 Å². The third-order valence-electron chi connectivity index (χ3n) is 8.15. The Hall–Kier alpha value is -5.48. The van der Waals surface area contributed by atoms with Crippen LogP contribution in [-0.2, 0) is 0 Å². The predicted octanol–water partition coefficient (Wildman–Crippen LogP) is 8.95. The lowest BCUT2D eigenvalue weighted by Gasteiger charge is -2.12. The van der Waals surface area contributed by atoms with Crippen molar-refractivity contribution in [2.75, 3.05) is 0 Å². The molecule has 0 fully saturated rings. The van der Waals surface area contributed by atoms with E-state index in [4.69, 9.17) is 4.98 Å². The lowest BCUT2D eigenvalue weighted by atomic mass is 10.0. The minimum atomic E-state index is 0.984. The van der Waals surface area contributed by atoms with Crippen molar-refractivity contribution in [1.29, 1.82) is 0 Å². The number of imidazole rings is 1. The molecular weight excluding hydrogens is 488 g/mol. The van der Waals surface area contributed by atoms with Gasteiger partial charge in [-0.15, -0.1) is 0 Å². The molecule has 0 radical (unpaired) electrons. The molecule has 0 aliphatic carbocycles. The Morgan fingerprint density at radius 2 is 1.23 bits per heavy atom. The molecule has 9 aromatic rings. The molecule has 9 rings (SSSR count). The fourth-order valence-electron chi connectivity index (χ4n) is 6.41. The van der Waals surface area contributed by atoms with E-state index in [0.29, 0.717) is 0 Å². The van der Waals surface area contributed by atoms with Gasteiger partial charge in [0.1, 0.15) is 5.65 Å². The van der Waals surface area contributed by atoms with E-state index in [2.05, 4.69) is 129 Å². The second kappa shape index (κ2) is 8.01. The van der Waals surface area contributed by atoms with Gasteiger partial charge in [-0.1, -0.05) is 66.7 Å². The van der Waals surface area contributed by atoms with Crippen LogP contribution in [0.15, 0.2) is 134 Å². The molecule has 0 aliphatic heterocycles. The number of nitrogens with zero attached hydrogens (tertiary/aromatic N) is 4. The first-order valence-corrected chi connectivity index (χ1v) is 13.5. The van der Waals surface area contributed by atoms with Gasteiger partial charge in [-0.05, 0) is 65.5 Å². The van der Waals surface area contributed by atoms with Gasteiger partial charge in [-0.25, -0.2) is 4.98 Å². The number of para-hydroxylation sites is 4. The molecule has 4 aromatic heterocycles. The van der Waals surface area contributed by atoms with Crippen LogP contribution in [0.2, 0.25) is 0 Å². The van der Waals surface area contributed by atoms with E-state index >= 15 is 0 Å². The fraction of sp³-hybridized carbons (Fsp3) is 0. The van der Waals surface area contributed by atoms with E-state index in [1.807, 2.05) is 18.5 Å². The summed E-state index contributed by atoms with van der Waals surface area (Å²) in [6.07, 6.45) is 3.73. The Morgan fingerprint density at radius 3 is 2.08 bits per heavy atom. The summed E-state index contributed by atoms with van der Waals surface area (Å²) in [7, 11) is 0. The fourth-order valence-corrected chi connectivity index (χ4v) is 6.41. The van der Waals surface area contributed by atoms with Gasteiger partial charge < -0.3 is 4.57 Å². The Morgan fingerprint density at radius 1 is 0.475 bits per heavy atom. The summed E-state index contributed by atoms with van der Waals surface area (Å²) in [5.41, 5.74) is 10.0. The summed E-state index contributed by atoms with van der Waals surface area (Å²) in [5, 5.41) is 6.07. The molecule has 0 atom stereocenters. The maximum absolute atomic E-state index is 5.16. The van der Waals surface area contributed by atoms with Gasteiger partial charge in [-0.3, -0.25) is 9.38 Å². The zero-order valence-corrected chi connectivity index (χ0v) is 21.5. The van der Waals surface area contributed by atoms with Crippen molar-refractivity contribution >= 4 is 60.2 Å². The van der Waals surface area contributed by atoms with Crippen LogP contribution >= 0.6 is 0 Å². The van der Waals surface area contributed by atoms with Crippen molar-refractivity contribution < 1.29 is 0 Å². The third-order valence-corrected chi connectivity index (χ3v) is 8.15. The van der Waals surface area contributed by atoms with Gasteiger partial charge >= 0.3 is 0 Å². The standard InChI is InChI=1S/C36H22N4/c1-5-16-33-26(12-1)28-20-29-27-13-2-4-15-32(27)39(25-11-7-9-23(19-25)24-10-8-18-37-22-24)35(29)21-30(28)36-38-31-14-3-6-17-34(31)40(33)36/h1-22H. The molecule has 5 aromatic carbocycles. The summed E-state index contributed by atoms with van der Waals surface area (Å²) < 4.78 is 4.70. The van der Waals surface area contributed by atoms with Crippen molar-refractivity contribution in [3.63, 3.8) is 0 Å². The number of hydrogen-bond acceptors (Lipinski definition) is 2. The highest BCUT2D eigenvalue weighted by Gasteiger charge is 2.18. The monoisotopic (exact) mass is 510 g/mol. The maximum atomic E-state index is 5.16. The quantitative estimate of drug-likeness (QED) is 0.218. The first-order chi connectivity index (χ1) is 19.8. The topological polar surface area (TPSA) is 35.1 Å². The van der Waals surface area contributed by atoms with E-state index in [9.17, 15) is 0 Å². The van der Waals surface area contributed by atoms with Crippen LogP contribution in [0.5, 0.6) is 0 Å². The summed E-state index contributed by atoms with van der Waals surface area (Å²) in [4.78, 5) is 9.50. The summed E-state index contributed by atoms with van der Waals surface area (Å²) in [6.45, 7) is 0. The van der Waals surface area contributed by atoms with E-state index in [1.54, 1.807) is 0 Å². The number of pyridine rings is 2. The molecule has 0 saturated carbocycles. The van der Waals surface area contributed by atoms with Crippen molar-refractivity contribution in [3.05, 3.63) is 134 Å². The zero-order valence-electron chi connectivity index (χ0n) is 21.5. The zero-order chi connectivity index (χ0) is 26.2. The molecule has 186 valence electrons. The number of rotatable bonds is 2. The Kier molecular flexibility index (Phi) is 4.30. The van der Waals surface area contributed by atoms with Gasteiger partial charge in [0.05, 0.1) is 27.6 Å². The van der Waals surface area contributed by atoms with Crippen LogP contribution in [0.1, 0.15) is 0 Å². The Balaban J connectivity index is 1.46. The maximum Gasteiger partial charge on any atom is 0.146 e. The van der Waals surface area contributed by atoms with E-state index in [1.165, 1.54) is 38.1 Å². The van der Waals surface area contributed by atoms with Gasteiger partial charge in [0.25, 0.3) is 0 Å². The summed E-state index contributed by atoms with van der Waals surface area (Å²) in [6, 6.07) is 43.3. The molecule has 0 bridgehead atoms. The number of fused-ring (bicyclic) bond motifs is 11. The Bertz CT molecular complexity index is 2430. The molecule has 0 amide bonds. The first-order valence-electron chi connectivity index (χ1n) is 13.5. The number of aromatic nitrogens is 4. The molecule has 40 heavy (non-hydrogen) atoms. The lowest BCUT2D eigenvalue weighted by molar-refractivity contribution is 1.18. The molecule has 0 N–H and O–H groups in total. The summed E-state index contributed by atoms with van der Waals surface area (Å²) >= 11 is 0. The molecule has 0 aliphatic rings. The second-order valence-electron chi connectivity index (χ2n) is 10.3. The van der Waals surface area contributed by atoms with Gasteiger partial charge in [0.15, 0.2) is 0 Å². The summed E-state index contributed by atoms with van der Waals surface area (Å²) in [5.74, 6) is 0. The number of hydrogen-bond donors (Lipinski definition) is 0. The van der Waals surface area contributed by atoms with Crippen molar-refractivity contribution in [3.8, 4) is 16.8 Å². The van der Waals surface area contributed by atoms with Crippen LogP contribution in [0, 0.1) is 0 Å². The third kappa shape index (κ3) is 2.90. The molecule has 4 heteroatoms. The van der Waals surface area contributed by atoms with Crippen LogP contribution in [0.4, 0.5) is 0 Å². The average molecular weight is 511 g/mol. The second-order valence-corrected chi connectivity index (χ2v) is 10.3.